The molecule has 1 rings (SSSR count). The van der Waals surface area contributed by atoms with E-state index in [2.05, 4.69) is 43.0 Å². The molecule has 0 bridgehead atoms. The average Bonchev–Trinajstić information content (AvgIpc) is 2.17. The van der Waals surface area contributed by atoms with Crippen molar-refractivity contribution in [2.75, 3.05) is 17.6 Å². The number of anilines is 2. The van der Waals surface area contributed by atoms with Gasteiger partial charge in [0.1, 0.15) is 5.82 Å². The van der Waals surface area contributed by atoms with E-state index in [1.54, 1.807) is 6.20 Å². The van der Waals surface area contributed by atoms with Crippen LogP contribution in [0.5, 0.6) is 0 Å². The molecule has 0 amide bonds. The van der Waals surface area contributed by atoms with Crippen molar-refractivity contribution in [3.8, 4) is 0 Å². The Morgan fingerprint density at radius 1 is 1.44 bits per heavy atom. The molecule has 4 nitrogen and oxygen atoms in total. The molecule has 1 aromatic heterocycles. The molecule has 0 aliphatic rings. The number of nitrogens with two attached hydrogens (primary N) is 1. The second kappa shape index (κ2) is 4.68. The van der Waals surface area contributed by atoms with E-state index in [0.717, 1.165) is 17.9 Å². The van der Waals surface area contributed by atoms with Crippen molar-refractivity contribution >= 4 is 11.8 Å². The van der Waals surface area contributed by atoms with Crippen LogP contribution in [0.15, 0.2) is 6.20 Å². The van der Waals surface area contributed by atoms with E-state index in [1.165, 1.54) is 0 Å². The number of aryl methyl sites for hydroxylation is 1. The van der Waals surface area contributed by atoms with Crippen LogP contribution >= 0.6 is 0 Å². The van der Waals surface area contributed by atoms with Gasteiger partial charge in [-0.15, -0.1) is 0 Å². The molecule has 0 radical (unpaired) electrons. The van der Waals surface area contributed by atoms with Crippen LogP contribution in [0.1, 0.15) is 33.3 Å². The van der Waals surface area contributed by atoms with Crippen LogP contribution in [-0.4, -0.2) is 16.5 Å². The van der Waals surface area contributed by atoms with Crippen molar-refractivity contribution in [3.63, 3.8) is 0 Å². The van der Waals surface area contributed by atoms with Gasteiger partial charge in [-0.1, -0.05) is 27.7 Å². The lowest BCUT2D eigenvalue weighted by atomic mass is 9.82. The molecule has 1 aromatic rings. The highest BCUT2D eigenvalue weighted by Crippen LogP contribution is 2.25. The Morgan fingerprint density at radius 2 is 2.06 bits per heavy atom. The summed E-state index contributed by atoms with van der Waals surface area (Å²) in [7, 11) is 0. The third kappa shape index (κ3) is 3.36. The van der Waals surface area contributed by atoms with Crippen LogP contribution in [0, 0.1) is 18.3 Å². The van der Waals surface area contributed by atoms with Crippen LogP contribution in [0.2, 0.25) is 0 Å². The van der Waals surface area contributed by atoms with Crippen LogP contribution in [0.4, 0.5) is 11.8 Å². The molecular formula is C12H22N4. The molecule has 0 aliphatic carbocycles. The summed E-state index contributed by atoms with van der Waals surface area (Å²) in [6.07, 6.45) is 1.74. The fourth-order valence-electron chi connectivity index (χ4n) is 1.19. The Morgan fingerprint density at radius 3 is 2.62 bits per heavy atom. The van der Waals surface area contributed by atoms with Crippen molar-refractivity contribution in [1.29, 1.82) is 0 Å². The Labute approximate surface area is 97.7 Å². The lowest BCUT2D eigenvalue weighted by molar-refractivity contribution is 0.274. The van der Waals surface area contributed by atoms with Gasteiger partial charge in [0.05, 0.1) is 0 Å². The normalized spacial score (nSPS) is 13.6. The molecule has 0 aromatic carbocycles. The summed E-state index contributed by atoms with van der Waals surface area (Å²) < 4.78 is 0. The van der Waals surface area contributed by atoms with E-state index in [0.29, 0.717) is 17.3 Å². The first kappa shape index (κ1) is 12.7. The van der Waals surface area contributed by atoms with Gasteiger partial charge in [0, 0.05) is 18.3 Å². The molecule has 1 atom stereocenters. The number of nitrogens with one attached hydrogen (secondary N) is 1. The Balaban J connectivity index is 2.64. The fourth-order valence-corrected chi connectivity index (χ4v) is 1.19. The number of hydrogen-bond acceptors (Lipinski definition) is 4. The molecule has 1 unspecified atom stereocenters. The predicted octanol–water partition coefficient (Wildman–Crippen LogP) is 2.46. The highest BCUT2D eigenvalue weighted by Gasteiger charge is 2.19. The summed E-state index contributed by atoms with van der Waals surface area (Å²) in [6.45, 7) is 11.8. The minimum absolute atomic E-state index is 0.291. The maximum absolute atomic E-state index is 5.56. The zero-order valence-electron chi connectivity index (χ0n) is 10.8. The van der Waals surface area contributed by atoms with Crippen LogP contribution in [0.3, 0.4) is 0 Å². The van der Waals surface area contributed by atoms with Crippen molar-refractivity contribution in [3.05, 3.63) is 11.8 Å². The summed E-state index contributed by atoms with van der Waals surface area (Å²) in [6, 6.07) is 0. The second-order valence-corrected chi connectivity index (χ2v) is 5.41. The maximum Gasteiger partial charge on any atom is 0.221 e. The summed E-state index contributed by atoms with van der Waals surface area (Å²) in [5.74, 6) is 1.71. The Kier molecular flexibility index (Phi) is 3.73. The van der Waals surface area contributed by atoms with E-state index < -0.39 is 0 Å². The molecular weight excluding hydrogens is 200 g/mol. The van der Waals surface area contributed by atoms with Gasteiger partial charge < -0.3 is 11.1 Å². The highest BCUT2D eigenvalue weighted by atomic mass is 15.1. The van der Waals surface area contributed by atoms with Gasteiger partial charge in [-0.25, -0.2) is 4.98 Å². The third-order valence-corrected chi connectivity index (χ3v) is 3.04. The number of hydrogen-bond donors (Lipinski definition) is 2. The van der Waals surface area contributed by atoms with E-state index in [4.69, 9.17) is 5.73 Å². The standard InChI is InChI=1S/C12H22N4/c1-8-6-15-11(13)16-10(8)14-7-9(2)12(3,4)5/h6,9H,7H2,1-5H3,(H3,13,14,15,16). The van der Waals surface area contributed by atoms with Gasteiger partial charge in [-0.3, -0.25) is 0 Å². The number of nitrogen functional groups attached to an aromatic ring is 1. The van der Waals surface area contributed by atoms with Crippen molar-refractivity contribution < 1.29 is 0 Å². The minimum Gasteiger partial charge on any atom is -0.369 e. The average molecular weight is 222 g/mol. The quantitative estimate of drug-likeness (QED) is 0.824. The summed E-state index contributed by atoms with van der Waals surface area (Å²) in [5.41, 5.74) is 6.87. The third-order valence-electron chi connectivity index (χ3n) is 3.04. The molecule has 0 fully saturated rings. The molecule has 0 spiro atoms. The van der Waals surface area contributed by atoms with Crippen LogP contribution < -0.4 is 11.1 Å². The molecule has 0 aliphatic heterocycles. The molecule has 0 saturated carbocycles. The summed E-state index contributed by atoms with van der Waals surface area (Å²) >= 11 is 0. The molecule has 0 saturated heterocycles. The summed E-state index contributed by atoms with van der Waals surface area (Å²) in [4.78, 5) is 8.12. The highest BCUT2D eigenvalue weighted by molar-refractivity contribution is 5.45. The van der Waals surface area contributed by atoms with Crippen molar-refractivity contribution in [2.24, 2.45) is 11.3 Å². The Hall–Kier alpha value is -1.32. The first-order valence-corrected chi connectivity index (χ1v) is 5.63. The van der Waals surface area contributed by atoms with E-state index >= 15 is 0 Å². The number of nitrogens with zero attached hydrogens (tertiary/aromatic N) is 2. The monoisotopic (exact) mass is 222 g/mol. The van der Waals surface area contributed by atoms with Gasteiger partial charge in [-0.05, 0) is 18.3 Å². The zero-order chi connectivity index (χ0) is 12.3. The lowest BCUT2D eigenvalue weighted by Gasteiger charge is -2.27. The SMILES string of the molecule is Cc1cnc(N)nc1NCC(C)C(C)(C)C. The number of rotatable bonds is 3. The van der Waals surface area contributed by atoms with Crippen molar-refractivity contribution in [1.82, 2.24) is 9.97 Å². The number of aromatic nitrogens is 2. The largest absolute Gasteiger partial charge is 0.369 e. The van der Waals surface area contributed by atoms with Crippen LogP contribution in [-0.2, 0) is 0 Å². The molecule has 16 heavy (non-hydrogen) atoms. The molecule has 1 heterocycles. The summed E-state index contributed by atoms with van der Waals surface area (Å²) in [5, 5.41) is 3.33. The first-order chi connectivity index (χ1) is 7.30. The maximum atomic E-state index is 5.56. The lowest BCUT2D eigenvalue weighted by Crippen LogP contribution is -2.25. The van der Waals surface area contributed by atoms with E-state index in [-0.39, 0.29) is 0 Å². The second-order valence-electron chi connectivity index (χ2n) is 5.41. The Bertz CT molecular complexity index is 355. The minimum atomic E-state index is 0.291. The van der Waals surface area contributed by atoms with Gasteiger partial charge in [0.2, 0.25) is 5.95 Å². The van der Waals surface area contributed by atoms with E-state index in [9.17, 15) is 0 Å². The van der Waals surface area contributed by atoms with E-state index in [1.807, 2.05) is 6.92 Å². The van der Waals surface area contributed by atoms with Crippen molar-refractivity contribution in [2.45, 2.75) is 34.6 Å². The van der Waals surface area contributed by atoms with Gasteiger partial charge >= 0.3 is 0 Å². The smallest absolute Gasteiger partial charge is 0.221 e. The predicted molar refractivity (Wildman–Crippen MR) is 68.3 cm³/mol. The fraction of sp³-hybridized carbons (Fsp3) is 0.667. The van der Waals surface area contributed by atoms with Gasteiger partial charge in [0.25, 0.3) is 0 Å². The van der Waals surface area contributed by atoms with Crippen LogP contribution in [0.25, 0.3) is 0 Å². The van der Waals surface area contributed by atoms with Gasteiger partial charge in [-0.2, -0.15) is 4.98 Å². The molecule has 4 heteroatoms. The molecule has 3 N–H and O–H groups in total. The van der Waals surface area contributed by atoms with Gasteiger partial charge in [0.15, 0.2) is 0 Å². The topological polar surface area (TPSA) is 63.8 Å². The zero-order valence-corrected chi connectivity index (χ0v) is 10.8. The first-order valence-electron chi connectivity index (χ1n) is 5.63. The molecule has 90 valence electrons.